The molecule has 0 spiro atoms. The number of aromatic nitrogens is 2. The monoisotopic (exact) mass is 469 g/mol. The second-order valence-electron chi connectivity index (χ2n) is 6.75. The molecule has 0 amide bonds. The normalized spacial score (nSPS) is 12.1. The lowest BCUT2D eigenvalue weighted by Crippen LogP contribution is -2.11. The molecule has 1 heterocycles. The lowest BCUT2D eigenvalue weighted by molar-refractivity contribution is 0.340. The van der Waals surface area contributed by atoms with Gasteiger partial charge in [0.25, 0.3) is 0 Å². The van der Waals surface area contributed by atoms with E-state index in [0.29, 0.717) is 11.6 Å². The lowest BCUT2D eigenvalue weighted by atomic mass is 10.1. The van der Waals surface area contributed by atoms with E-state index in [4.69, 9.17) is 21.3 Å². The fourth-order valence-corrected chi connectivity index (χ4v) is 3.72. The molecule has 0 saturated heterocycles. The van der Waals surface area contributed by atoms with Crippen LogP contribution in [0.15, 0.2) is 71.2 Å². The van der Waals surface area contributed by atoms with Crippen molar-refractivity contribution in [3.05, 3.63) is 81.8 Å². The summed E-state index contributed by atoms with van der Waals surface area (Å²) >= 11 is 9.78. The lowest BCUT2D eigenvalue weighted by Gasteiger charge is -2.17. The van der Waals surface area contributed by atoms with Crippen molar-refractivity contribution in [3.8, 4) is 11.4 Å². The van der Waals surface area contributed by atoms with Gasteiger partial charge >= 0.3 is 0 Å². The number of nitrogens with zero attached hydrogens (tertiary/aromatic N) is 2. The number of rotatable bonds is 6. The Morgan fingerprint density at radius 3 is 2.48 bits per heavy atom. The molecule has 1 N–H and O–H groups in total. The molecule has 1 aromatic heterocycles. The van der Waals surface area contributed by atoms with Crippen LogP contribution in [0.1, 0.15) is 25.5 Å². The van der Waals surface area contributed by atoms with Gasteiger partial charge < -0.3 is 10.1 Å². The zero-order valence-electron chi connectivity index (χ0n) is 16.2. The van der Waals surface area contributed by atoms with Crippen LogP contribution in [0.2, 0.25) is 5.02 Å². The van der Waals surface area contributed by atoms with E-state index in [1.54, 1.807) is 0 Å². The molecule has 4 nitrogen and oxygen atoms in total. The Bertz CT molecular complexity index is 1120. The molecule has 4 rings (SSSR count). The van der Waals surface area contributed by atoms with Gasteiger partial charge in [-0.1, -0.05) is 39.7 Å². The molecule has 0 saturated carbocycles. The van der Waals surface area contributed by atoms with Gasteiger partial charge in [0, 0.05) is 15.2 Å². The molecular formula is C23H21BrClN3O. The highest BCUT2D eigenvalue weighted by Crippen LogP contribution is 2.30. The van der Waals surface area contributed by atoms with E-state index in [9.17, 15) is 0 Å². The van der Waals surface area contributed by atoms with Crippen LogP contribution < -0.4 is 10.1 Å². The fraction of sp³-hybridized carbons (Fsp3) is 0.174. The molecule has 0 bridgehead atoms. The van der Waals surface area contributed by atoms with Gasteiger partial charge in [0.2, 0.25) is 5.95 Å². The number of ether oxygens (including phenoxy) is 1. The Kier molecular flexibility index (Phi) is 5.79. The smallest absolute Gasteiger partial charge is 0.209 e. The Morgan fingerprint density at radius 1 is 1.07 bits per heavy atom. The Morgan fingerprint density at radius 2 is 1.79 bits per heavy atom. The summed E-state index contributed by atoms with van der Waals surface area (Å²) in [5.41, 5.74) is 4.00. The van der Waals surface area contributed by atoms with Crippen molar-refractivity contribution in [1.29, 1.82) is 0 Å². The third kappa shape index (κ3) is 4.26. The predicted octanol–water partition coefficient (Wildman–Crippen LogP) is 7.01. The maximum absolute atomic E-state index is 6.28. The van der Waals surface area contributed by atoms with Crippen LogP contribution in [0.25, 0.3) is 16.7 Å². The number of anilines is 1. The first-order chi connectivity index (χ1) is 14.0. The van der Waals surface area contributed by atoms with Gasteiger partial charge in [-0.15, -0.1) is 0 Å². The first-order valence-electron chi connectivity index (χ1n) is 9.48. The zero-order chi connectivity index (χ0) is 20.4. The van der Waals surface area contributed by atoms with E-state index < -0.39 is 0 Å². The molecule has 148 valence electrons. The molecular weight excluding hydrogens is 450 g/mol. The summed E-state index contributed by atoms with van der Waals surface area (Å²) in [6.07, 6.45) is 0. The number of nitrogens with one attached hydrogen (secondary N) is 1. The topological polar surface area (TPSA) is 39.1 Å². The Hall–Kier alpha value is -2.50. The van der Waals surface area contributed by atoms with Crippen LogP contribution in [0, 0.1) is 0 Å². The second kappa shape index (κ2) is 8.47. The number of hydrogen-bond donors (Lipinski definition) is 1. The number of fused-ring (bicyclic) bond motifs is 1. The van der Waals surface area contributed by atoms with Crippen molar-refractivity contribution in [2.75, 3.05) is 11.9 Å². The molecule has 0 aliphatic carbocycles. The van der Waals surface area contributed by atoms with Gasteiger partial charge in [0.15, 0.2) is 0 Å². The first-order valence-corrected chi connectivity index (χ1v) is 10.7. The van der Waals surface area contributed by atoms with E-state index in [1.807, 2.05) is 61.5 Å². The van der Waals surface area contributed by atoms with E-state index >= 15 is 0 Å². The van der Waals surface area contributed by atoms with E-state index in [0.717, 1.165) is 32.9 Å². The molecule has 0 fully saturated rings. The van der Waals surface area contributed by atoms with Crippen molar-refractivity contribution in [1.82, 2.24) is 9.55 Å². The Labute approximate surface area is 183 Å². The number of imidazole rings is 1. The fourth-order valence-electron chi connectivity index (χ4n) is 3.29. The van der Waals surface area contributed by atoms with Crippen LogP contribution in [-0.2, 0) is 0 Å². The van der Waals surface area contributed by atoms with E-state index in [1.165, 1.54) is 5.56 Å². The number of benzene rings is 3. The second-order valence-corrected chi connectivity index (χ2v) is 8.10. The highest BCUT2D eigenvalue weighted by Gasteiger charge is 2.16. The van der Waals surface area contributed by atoms with Crippen molar-refractivity contribution < 1.29 is 4.74 Å². The predicted molar refractivity (Wildman–Crippen MR) is 123 cm³/mol. The van der Waals surface area contributed by atoms with Gasteiger partial charge in [-0.05, 0) is 74.0 Å². The van der Waals surface area contributed by atoms with Crippen LogP contribution in [0.4, 0.5) is 5.95 Å². The van der Waals surface area contributed by atoms with Crippen LogP contribution >= 0.6 is 27.5 Å². The number of hydrogen-bond acceptors (Lipinski definition) is 3. The molecule has 0 aliphatic rings. The summed E-state index contributed by atoms with van der Waals surface area (Å²) in [4.78, 5) is 4.82. The summed E-state index contributed by atoms with van der Waals surface area (Å²) < 4.78 is 8.73. The standard InChI is InChI=1S/C23H21BrClN3O/c1-3-29-20-11-9-19(10-12-20)28-22-14-18(25)8-13-21(22)27-23(28)26-15(2)16-4-6-17(24)7-5-16/h4-15H,3H2,1-2H3,(H,26,27). The van der Waals surface area contributed by atoms with Gasteiger partial charge in [-0.2, -0.15) is 0 Å². The summed E-state index contributed by atoms with van der Waals surface area (Å²) in [6.45, 7) is 4.74. The number of halogens is 2. The van der Waals surface area contributed by atoms with Crippen molar-refractivity contribution in [3.63, 3.8) is 0 Å². The molecule has 29 heavy (non-hydrogen) atoms. The van der Waals surface area contributed by atoms with Crippen molar-refractivity contribution in [2.24, 2.45) is 0 Å². The van der Waals surface area contributed by atoms with Crippen molar-refractivity contribution in [2.45, 2.75) is 19.9 Å². The summed E-state index contributed by atoms with van der Waals surface area (Å²) in [7, 11) is 0. The van der Waals surface area contributed by atoms with Crippen LogP contribution in [0.3, 0.4) is 0 Å². The van der Waals surface area contributed by atoms with E-state index in [2.05, 4.69) is 44.9 Å². The minimum atomic E-state index is 0.0804. The van der Waals surface area contributed by atoms with Gasteiger partial charge in [-0.25, -0.2) is 4.98 Å². The molecule has 0 radical (unpaired) electrons. The van der Waals surface area contributed by atoms with Crippen LogP contribution in [-0.4, -0.2) is 16.2 Å². The molecule has 4 aromatic rings. The zero-order valence-corrected chi connectivity index (χ0v) is 18.5. The average Bonchev–Trinajstić information content (AvgIpc) is 3.06. The molecule has 1 unspecified atom stereocenters. The molecule has 1 atom stereocenters. The largest absolute Gasteiger partial charge is 0.494 e. The summed E-state index contributed by atoms with van der Waals surface area (Å²) in [5, 5.41) is 4.23. The quantitative estimate of drug-likeness (QED) is 0.329. The maximum atomic E-state index is 6.28. The van der Waals surface area contributed by atoms with Crippen molar-refractivity contribution >= 4 is 44.5 Å². The highest BCUT2D eigenvalue weighted by molar-refractivity contribution is 9.10. The Balaban J connectivity index is 1.76. The van der Waals surface area contributed by atoms with E-state index in [-0.39, 0.29) is 6.04 Å². The minimum Gasteiger partial charge on any atom is -0.494 e. The van der Waals surface area contributed by atoms with Gasteiger partial charge in [0.1, 0.15) is 5.75 Å². The summed E-state index contributed by atoms with van der Waals surface area (Å²) in [6, 6.07) is 22.1. The molecule has 6 heteroatoms. The minimum absolute atomic E-state index is 0.0804. The average molecular weight is 471 g/mol. The van der Waals surface area contributed by atoms with Gasteiger partial charge in [-0.3, -0.25) is 4.57 Å². The first kappa shape index (κ1) is 19.8. The summed E-state index contributed by atoms with van der Waals surface area (Å²) in [5.74, 6) is 1.61. The SMILES string of the molecule is CCOc1ccc(-n2c(NC(C)c3ccc(Br)cc3)nc3ccc(Cl)cc32)cc1. The van der Waals surface area contributed by atoms with Crippen LogP contribution in [0.5, 0.6) is 5.75 Å². The maximum Gasteiger partial charge on any atom is 0.209 e. The molecule has 0 aliphatic heterocycles. The third-order valence-corrected chi connectivity index (χ3v) is 5.50. The third-order valence-electron chi connectivity index (χ3n) is 4.74. The van der Waals surface area contributed by atoms with Gasteiger partial charge in [0.05, 0.1) is 23.7 Å². The molecule has 3 aromatic carbocycles. The highest BCUT2D eigenvalue weighted by atomic mass is 79.9.